The van der Waals surface area contributed by atoms with Gasteiger partial charge in [0.2, 0.25) is 0 Å². The van der Waals surface area contributed by atoms with Crippen molar-refractivity contribution >= 4 is 34.7 Å². The molecule has 0 N–H and O–H groups in total. The van der Waals surface area contributed by atoms with Gasteiger partial charge in [-0.05, 0) is 0 Å². The first kappa shape index (κ1) is 9.98. The van der Waals surface area contributed by atoms with Crippen molar-refractivity contribution < 1.29 is 12.3 Å². The van der Waals surface area contributed by atoms with Crippen LogP contribution in [0.4, 0.5) is 0 Å². The molecule has 1 heterocycles. The van der Waals surface area contributed by atoms with Gasteiger partial charge in [0.25, 0.3) is 0 Å². The molecule has 0 atom stereocenters. The fraction of sp³-hybridized carbons (Fsp3) is 1.00. The monoisotopic (exact) mass is 162 g/mol. The average molecular weight is 163 g/mol. The quantitative estimate of drug-likeness (QED) is 0.443. The molecule has 9 heavy (non-hydrogen) atoms. The summed E-state index contributed by atoms with van der Waals surface area (Å²) in [6, 6.07) is 0. The van der Waals surface area contributed by atoms with E-state index in [1.54, 1.807) is 0 Å². The van der Waals surface area contributed by atoms with Gasteiger partial charge in [-0.25, -0.2) is 0 Å². The Balaban J connectivity index is -0.000000213. The zero-order chi connectivity index (χ0) is 5.82. The van der Waals surface area contributed by atoms with Gasteiger partial charge < -0.3 is 12.3 Å². The Bertz CT molecular complexity index is 73.5. The summed E-state index contributed by atoms with van der Waals surface area (Å²) in [5.41, 5.74) is 0. The molecule has 1 rings (SSSR count). The van der Waals surface area contributed by atoms with Gasteiger partial charge in [0.05, 0.1) is 13.2 Å². The predicted molar refractivity (Wildman–Crippen MR) is 39.0 cm³/mol. The second-order valence-electron chi connectivity index (χ2n) is 1.65. The van der Waals surface area contributed by atoms with Crippen LogP contribution < -0.4 is 0 Å². The minimum absolute atomic E-state index is 0. The van der Waals surface area contributed by atoms with Crippen molar-refractivity contribution in [2.75, 3.05) is 19.1 Å². The molecule has 1 aliphatic rings. The molecule has 52 valence electrons. The molecule has 0 bridgehead atoms. The van der Waals surface area contributed by atoms with Gasteiger partial charge >= 0.3 is 23.1 Å². The Morgan fingerprint density at radius 1 is 1.44 bits per heavy atom. The number of ether oxygens (including phenoxy) is 2. The zero-order valence-electron chi connectivity index (χ0n) is 7.31. The van der Waals surface area contributed by atoms with Crippen LogP contribution in [0.15, 0.2) is 0 Å². The van der Waals surface area contributed by atoms with Crippen molar-refractivity contribution in [2.45, 2.75) is 12.7 Å². The Hall–Kier alpha value is 0.976. The number of hydrogen-bond donors (Lipinski definition) is 0. The minimum atomic E-state index is -0.0208. The van der Waals surface area contributed by atoms with Crippen LogP contribution in [0.5, 0.6) is 0 Å². The predicted octanol–water partition coefficient (Wildman–Crippen LogP) is 0.832. The van der Waals surface area contributed by atoms with E-state index >= 15 is 0 Å². The number of hydrogen-bond acceptors (Lipinski definition) is 2. The van der Waals surface area contributed by atoms with E-state index < -0.39 is 0 Å². The second-order valence-corrected chi connectivity index (χ2v) is 2.03. The topological polar surface area (TPSA) is 18.5 Å². The van der Waals surface area contributed by atoms with Crippen molar-refractivity contribution in [3.05, 3.63) is 0 Å². The Morgan fingerprint density at radius 2 is 2.00 bits per heavy atom. The summed E-state index contributed by atoms with van der Waals surface area (Å²) in [7, 11) is 0. The largest absolute Gasteiger partial charge is 2.00 e. The van der Waals surface area contributed by atoms with Gasteiger partial charge in [0.15, 0.2) is 6.29 Å². The molecule has 4 heteroatoms. The summed E-state index contributed by atoms with van der Waals surface area (Å²) in [6.07, 6.45) is 0.786. The normalized spacial score (nSPS) is 19.7. The van der Waals surface area contributed by atoms with E-state index in [-0.39, 0.29) is 32.2 Å². The standard InChI is InChI=1S/C5H9ClO2.Mg.2H/c6-2-1-5-7-3-4-8-5;;;/h5H,1-4H2;;;/q;+2;2*-1. The molecular weight excluding hydrogens is 152 g/mol. The van der Waals surface area contributed by atoms with Crippen LogP contribution in [0.1, 0.15) is 9.27 Å². The Labute approximate surface area is 79.0 Å². The van der Waals surface area contributed by atoms with E-state index in [1.165, 1.54) is 0 Å². The smallest absolute Gasteiger partial charge is 1.00 e. The first-order valence-electron chi connectivity index (χ1n) is 2.72. The van der Waals surface area contributed by atoms with Crippen LogP contribution in [0.3, 0.4) is 0 Å². The molecule has 0 aromatic carbocycles. The molecule has 0 saturated carbocycles. The maximum Gasteiger partial charge on any atom is 2.00 e. The first-order chi connectivity index (χ1) is 3.93. The molecule has 0 radical (unpaired) electrons. The maximum absolute atomic E-state index is 5.42. The van der Waals surface area contributed by atoms with E-state index in [9.17, 15) is 0 Å². The minimum Gasteiger partial charge on any atom is -1.00 e. The number of alkyl halides is 1. The molecule has 1 aliphatic heterocycles. The van der Waals surface area contributed by atoms with E-state index in [0.717, 1.165) is 19.6 Å². The van der Waals surface area contributed by atoms with Crippen LogP contribution >= 0.6 is 11.6 Å². The van der Waals surface area contributed by atoms with Gasteiger partial charge in [-0.2, -0.15) is 0 Å². The summed E-state index contributed by atoms with van der Waals surface area (Å²) in [5, 5.41) is 0. The van der Waals surface area contributed by atoms with E-state index in [4.69, 9.17) is 21.1 Å². The van der Waals surface area contributed by atoms with Crippen molar-refractivity contribution in [2.24, 2.45) is 0 Å². The second kappa shape index (κ2) is 5.74. The fourth-order valence-corrected chi connectivity index (χ4v) is 0.841. The first-order valence-corrected chi connectivity index (χ1v) is 3.26. The molecular formula is C5H11ClMgO2. The molecule has 1 saturated heterocycles. The number of halogens is 1. The average Bonchev–Trinajstić information content (AvgIpc) is 2.19. The van der Waals surface area contributed by atoms with Gasteiger partial charge in [-0.15, -0.1) is 11.6 Å². The maximum atomic E-state index is 5.42. The summed E-state index contributed by atoms with van der Waals surface area (Å²) >= 11 is 5.42. The summed E-state index contributed by atoms with van der Waals surface area (Å²) in [4.78, 5) is 0. The molecule has 0 amide bonds. The van der Waals surface area contributed by atoms with Crippen molar-refractivity contribution in [1.82, 2.24) is 0 Å². The Morgan fingerprint density at radius 3 is 2.44 bits per heavy atom. The third-order valence-electron chi connectivity index (χ3n) is 1.04. The van der Waals surface area contributed by atoms with Crippen LogP contribution in [0.2, 0.25) is 0 Å². The summed E-state index contributed by atoms with van der Waals surface area (Å²) in [5.74, 6) is 0.616. The van der Waals surface area contributed by atoms with E-state index in [2.05, 4.69) is 0 Å². The molecule has 0 aromatic heterocycles. The molecule has 2 nitrogen and oxygen atoms in total. The third kappa shape index (κ3) is 3.63. The van der Waals surface area contributed by atoms with Gasteiger partial charge in [-0.1, -0.05) is 0 Å². The van der Waals surface area contributed by atoms with E-state index in [0.29, 0.717) is 5.88 Å². The van der Waals surface area contributed by atoms with Gasteiger partial charge in [-0.3, -0.25) is 0 Å². The SMILES string of the molecule is ClCCC1OCCO1.[H-].[H-].[Mg+2]. The van der Waals surface area contributed by atoms with Crippen molar-refractivity contribution in [3.63, 3.8) is 0 Å². The third-order valence-corrected chi connectivity index (χ3v) is 1.25. The van der Waals surface area contributed by atoms with Gasteiger partial charge in [0.1, 0.15) is 0 Å². The van der Waals surface area contributed by atoms with Crippen molar-refractivity contribution in [1.29, 1.82) is 0 Å². The molecule has 1 fully saturated rings. The Kier molecular flexibility index (Phi) is 6.36. The van der Waals surface area contributed by atoms with Crippen LogP contribution in [0, 0.1) is 0 Å². The van der Waals surface area contributed by atoms with Crippen molar-refractivity contribution in [3.8, 4) is 0 Å². The summed E-state index contributed by atoms with van der Waals surface area (Å²) in [6.45, 7) is 1.45. The van der Waals surface area contributed by atoms with Crippen LogP contribution in [-0.4, -0.2) is 48.4 Å². The molecule has 0 aromatic rings. The number of rotatable bonds is 2. The van der Waals surface area contributed by atoms with Gasteiger partial charge in [0, 0.05) is 12.3 Å². The fourth-order valence-electron chi connectivity index (χ4n) is 0.663. The van der Waals surface area contributed by atoms with E-state index in [1.807, 2.05) is 0 Å². The van der Waals surface area contributed by atoms with Crippen LogP contribution in [0.25, 0.3) is 0 Å². The summed E-state index contributed by atoms with van der Waals surface area (Å²) < 4.78 is 10.2. The van der Waals surface area contributed by atoms with Crippen LogP contribution in [-0.2, 0) is 9.47 Å². The molecule has 0 spiro atoms. The molecule has 0 unspecified atom stereocenters. The zero-order valence-corrected chi connectivity index (χ0v) is 7.48. The molecule has 0 aliphatic carbocycles.